The van der Waals surface area contributed by atoms with E-state index in [0.717, 1.165) is 25.7 Å². The average molecular weight is 548 g/mol. The fourth-order valence-corrected chi connectivity index (χ4v) is 6.08. The molecular formula is C25H29ClN4O3Se. The van der Waals surface area contributed by atoms with Crippen molar-refractivity contribution in [2.75, 3.05) is 6.54 Å². The first-order valence-corrected chi connectivity index (χ1v) is 13.9. The maximum absolute atomic E-state index is 13.8. The number of halogens is 1. The van der Waals surface area contributed by atoms with Crippen LogP contribution >= 0.6 is 11.6 Å². The van der Waals surface area contributed by atoms with E-state index in [9.17, 15) is 9.59 Å². The van der Waals surface area contributed by atoms with Gasteiger partial charge in [-0.3, -0.25) is 0 Å². The van der Waals surface area contributed by atoms with Crippen molar-refractivity contribution in [2.45, 2.75) is 63.4 Å². The molecule has 0 atom stereocenters. The standard InChI is InChI=1S/C25H29ClN4O3Se/c1-25(2,3)33-24(32)29(13-14-34-18-11-5-4-6-12-18)22(31)20-16-30(17-9-7-8-10-17)21-19(20)15-27-23(26)28-21/h4-6,11-12,15-17H,7-10,13-14H2,1-3H3. The third-order valence-electron chi connectivity index (χ3n) is 5.68. The van der Waals surface area contributed by atoms with Gasteiger partial charge >= 0.3 is 211 Å². The number of amides is 2. The second-order valence-electron chi connectivity index (χ2n) is 9.36. The summed E-state index contributed by atoms with van der Waals surface area (Å²) in [6.07, 6.45) is 7.06. The number of nitrogens with zero attached hydrogens (tertiary/aromatic N) is 4. The van der Waals surface area contributed by atoms with Crippen molar-refractivity contribution in [3.05, 3.63) is 53.6 Å². The van der Waals surface area contributed by atoms with Crippen LogP contribution in [-0.2, 0) is 4.74 Å². The Morgan fingerprint density at radius 1 is 1.21 bits per heavy atom. The van der Waals surface area contributed by atoms with Gasteiger partial charge in [0.05, 0.1) is 0 Å². The number of hydrogen-bond acceptors (Lipinski definition) is 5. The summed E-state index contributed by atoms with van der Waals surface area (Å²) in [5.41, 5.74) is 0.318. The van der Waals surface area contributed by atoms with E-state index in [0.29, 0.717) is 21.9 Å². The Kier molecular flexibility index (Phi) is 7.60. The van der Waals surface area contributed by atoms with Crippen LogP contribution < -0.4 is 4.46 Å². The van der Waals surface area contributed by atoms with Crippen molar-refractivity contribution >= 4 is 54.1 Å². The Bertz CT molecular complexity index is 1170. The van der Waals surface area contributed by atoms with Crippen LogP contribution in [0.1, 0.15) is 62.9 Å². The molecule has 0 spiro atoms. The van der Waals surface area contributed by atoms with Crippen molar-refractivity contribution in [1.82, 2.24) is 19.4 Å². The molecule has 0 saturated heterocycles. The molecule has 2 aromatic heterocycles. The molecule has 2 amide bonds. The van der Waals surface area contributed by atoms with Gasteiger partial charge < -0.3 is 0 Å². The number of carbonyl (C=O) groups excluding carboxylic acids is 2. The summed E-state index contributed by atoms with van der Waals surface area (Å²) in [6, 6.07) is 10.4. The first kappa shape index (κ1) is 24.7. The molecule has 0 bridgehead atoms. The Morgan fingerprint density at radius 2 is 1.91 bits per heavy atom. The van der Waals surface area contributed by atoms with Crippen LogP contribution in [0.15, 0.2) is 42.7 Å². The fourth-order valence-electron chi connectivity index (χ4n) is 4.15. The molecule has 1 aliphatic rings. The van der Waals surface area contributed by atoms with E-state index in [1.807, 2.05) is 29.0 Å². The SMILES string of the molecule is CC(C)(C)OC(=O)N(CC[Se]c1ccccc1)C(=O)c1cn(C2CCCC2)c2nc(Cl)ncc12. The van der Waals surface area contributed by atoms with Gasteiger partial charge in [0, 0.05) is 0 Å². The zero-order valence-corrected chi connectivity index (χ0v) is 22.1. The Balaban J connectivity index is 1.65. The molecular weight excluding hydrogens is 519 g/mol. The molecule has 0 N–H and O–H groups in total. The maximum atomic E-state index is 13.8. The molecule has 7 nitrogen and oxygen atoms in total. The molecule has 9 heteroatoms. The van der Waals surface area contributed by atoms with Gasteiger partial charge in [0.2, 0.25) is 0 Å². The van der Waals surface area contributed by atoms with Gasteiger partial charge in [0.1, 0.15) is 0 Å². The first-order valence-electron chi connectivity index (χ1n) is 11.5. The van der Waals surface area contributed by atoms with Crippen molar-refractivity contribution in [3.8, 4) is 0 Å². The molecule has 1 aromatic carbocycles. The first-order chi connectivity index (χ1) is 16.2. The molecule has 34 heavy (non-hydrogen) atoms. The second kappa shape index (κ2) is 10.5. The van der Waals surface area contributed by atoms with Crippen LogP contribution in [-0.4, -0.2) is 58.5 Å². The van der Waals surface area contributed by atoms with E-state index in [1.54, 1.807) is 27.0 Å². The minimum atomic E-state index is -0.714. The minimum absolute atomic E-state index is 0.121. The molecule has 3 aromatic rings. The van der Waals surface area contributed by atoms with E-state index in [-0.39, 0.29) is 32.8 Å². The molecule has 180 valence electrons. The van der Waals surface area contributed by atoms with Crippen LogP contribution in [0.5, 0.6) is 0 Å². The summed E-state index contributed by atoms with van der Waals surface area (Å²) < 4.78 is 8.84. The average Bonchev–Trinajstić information content (AvgIpc) is 3.43. The quantitative estimate of drug-likeness (QED) is 0.320. The number of hydrogen-bond donors (Lipinski definition) is 0. The van der Waals surface area contributed by atoms with Gasteiger partial charge in [-0.05, 0) is 0 Å². The number of carbonyl (C=O) groups is 2. The predicted molar refractivity (Wildman–Crippen MR) is 134 cm³/mol. The third kappa shape index (κ3) is 5.80. The zero-order valence-electron chi connectivity index (χ0n) is 19.7. The number of benzene rings is 1. The molecule has 4 rings (SSSR count). The second-order valence-corrected chi connectivity index (χ2v) is 12.2. The molecule has 0 unspecified atom stereocenters. The van der Waals surface area contributed by atoms with Crippen molar-refractivity contribution in [3.63, 3.8) is 0 Å². The van der Waals surface area contributed by atoms with E-state index in [2.05, 4.69) is 22.1 Å². The van der Waals surface area contributed by atoms with E-state index in [1.165, 1.54) is 9.36 Å². The van der Waals surface area contributed by atoms with Crippen LogP contribution in [0.4, 0.5) is 4.79 Å². The van der Waals surface area contributed by atoms with Gasteiger partial charge in [-0.1, -0.05) is 0 Å². The summed E-state index contributed by atoms with van der Waals surface area (Å²) in [7, 11) is 0. The number of aromatic nitrogens is 3. The zero-order chi connectivity index (χ0) is 24.3. The third-order valence-corrected chi connectivity index (χ3v) is 7.94. The van der Waals surface area contributed by atoms with Crippen molar-refractivity contribution in [2.24, 2.45) is 0 Å². The van der Waals surface area contributed by atoms with Crippen LogP contribution in [0, 0.1) is 0 Å². The molecule has 2 heterocycles. The monoisotopic (exact) mass is 548 g/mol. The number of ether oxygens (including phenoxy) is 1. The molecule has 0 aliphatic heterocycles. The van der Waals surface area contributed by atoms with Gasteiger partial charge in [0.25, 0.3) is 0 Å². The van der Waals surface area contributed by atoms with Crippen LogP contribution in [0.25, 0.3) is 11.0 Å². The summed E-state index contributed by atoms with van der Waals surface area (Å²) in [6.45, 7) is 5.66. The summed E-state index contributed by atoms with van der Waals surface area (Å²) in [4.78, 5) is 36.6. The Labute approximate surface area is 211 Å². The van der Waals surface area contributed by atoms with Crippen LogP contribution in [0.3, 0.4) is 0 Å². The van der Waals surface area contributed by atoms with Gasteiger partial charge in [-0.2, -0.15) is 0 Å². The van der Waals surface area contributed by atoms with Crippen molar-refractivity contribution < 1.29 is 14.3 Å². The normalized spacial score (nSPS) is 14.5. The van der Waals surface area contributed by atoms with Gasteiger partial charge in [-0.15, -0.1) is 0 Å². The molecule has 0 radical (unpaired) electrons. The summed E-state index contributed by atoms with van der Waals surface area (Å²) >= 11 is 6.22. The number of imide groups is 1. The summed E-state index contributed by atoms with van der Waals surface area (Å²) in [5.74, 6) is -0.397. The Morgan fingerprint density at radius 3 is 2.59 bits per heavy atom. The van der Waals surface area contributed by atoms with E-state index < -0.39 is 17.6 Å². The van der Waals surface area contributed by atoms with Crippen LogP contribution in [0.2, 0.25) is 10.6 Å². The van der Waals surface area contributed by atoms with Crippen molar-refractivity contribution in [1.29, 1.82) is 0 Å². The van der Waals surface area contributed by atoms with Gasteiger partial charge in [-0.25, -0.2) is 0 Å². The predicted octanol–water partition coefficient (Wildman–Crippen LogP) is 5.03. The number of fused-ring (bicyclic) bond motifs is 1. The summed E-state index contributed by atoms with van der Waals surface area (Å²) in [5, 5.41) is 1.42. The number of rotatable bonds is 6. The van der Waals surface area contributed by atoms with E-state index >= 15 is 0 Å². The molecule has 1 aliphatic carbocycles. The van der Waals surface area contributed by atoms with Gasteiger partial charge in [0.15, 0.2) is 0 Å². The Hall–Kier alpha value is -2.41. The van der Waals surface area contributed by atoms with E-state index in [4.69, 9.17) is 16.3 Å². The topological polar surface area (TPSA) is 77.3 Å². The molecule has 1 saturated carbocycles. The molecule has 1 fully saturated rings. The fraction of sp³-hybridized carbons (Fsp3) is 0.440.